The normalized spacial score (nSPS) is 18.7. The van der Waals surface area contributed by atoms with Crippen molar-refractivity contribution >= 4 is 46.4 Å². The van der Waals surface area contributed by atoms with Gasteiger partial charge in [-0.15, -0.1) is 0 Å². The fourth-order valence-electron chi connectivity index (χ4n) is 3.33. The van der Waals surface area contributed by atoms with Gasteiger partial charge in [0, 0.05) is 29.7 Å². The molecule has 2 amide bonds. The second kappa shape index (κ2) is 7.89. The molecule has 0 aliphatic carbocycles. The van der Waals surface area contributed by atoms with Gasteiger partial charge >= 0.3 is 0 Å². The molecule has 8 heteroatoms. The molecule has 2 aromatic carbocycles. The minimum atomic E-state index is -0.786. The molecule has 0 bridgehead atoms. The van der Waals surface area contributed by atoms with Crippen LogP contribution in [0.15, 0.2) is 36.4 Å². The second-order valence-electron chi connectivity index (χ2n) is 6.63. The molecular weight excluding hydrogens is 403 g/mol. The van der Waals surface area contributed by atoms with Crippen LogP contribution >= 0.6 is 23.2 Å². The predicted molar refractivity (Wildman–Crippen MR) is 108 cm³/mol. The molecule has 0 spiro atoms. The fraction of sp³-hybridized carbons (Fsp3) is 0.300. The van der Waals surface area contributed by atoms with Crippen LogP contribution in [0, 0.1) is 5.92 Å². The van der Waals surface area contributed by atoms with Crippen LogP contribution in [0.1, 0.15) is 12.8 Å². The third kappa shape index (κ3) is 3.75. The number of halogens is 2. The van der Waals surface area contributed by atoms with Gasteiger partial charge in [0.05, 0.1) is 23.9 Å². The number of nitrogens with zero attached hydrogens (tertiary/aromatic N) is 1. The number of ether oxygens (including phenoxy) is 2. The molecule has 1 fully saturated rings. The molecule has 2 aliphatic heterocycles. The number of nitrogens with one attached hydrogen (secondary N) is 1. The Morgan fingerprint density at radius 2 is 1.86 bits per heavy atom. The number of amides is 2. The zero-order chi connectivity index (χ0) is 19.7. The van der Waals surface area contributed by atoms with Crippen LogP contribution in [0.3, 0.4) is 0 Å². The fourth-order valence-corrected chi connectivity index (χ4v) is 3.71. The van der Waals surface area contributed by atoms with Crippen LogP contribution in [0.5, 0.6) is 11.5 Å². The van der Waals surface area contributed by atoms with Gasteiger partial charge in [0.2, 0.25) is 11.8 Å². The molecule has 2 heterocycles. The van der Waals surface area contributed by atoms with E-state index in [0.29, 0.717) is 59.1 Å². The SMILES string of the molecule is O=C(Nc1ccc2c(c1)OCCCO2)C1CCN(c2cc(Cl)ccc2Cl)C1=O. The van der Waals surface area contributed by atoms with Gasteiger partial charge in [0.15, 0.2) is 11.5 Å². The monoisotopic (exact) mass is 420 g/mol. The van der Waals surface area contributed by atoms with E-state index in [1.807, 2.05) is 0 Å². The second-order valence-corrected chi connectivity index (χ2v) is 7.47. The summed E-state index contributed by atoms with van der Waals surface area (Å²) in [6, 6.07) is 10.1. The number of anilines is 2. The minimum Gasteiger partial charge on any atom is -0.490 e. The van der Waals surface area contributed by atoms with Crippen LogP contribution in [-0.2, 0) is 9.59 Å². The molecule has 6 nitrogen and oxygen atoms in total. The lowest BCUT2D eigenvalue weighted by Gasteiger charge is -2.18. The Bertz CT molecular complexity index is 934. The van der Waals surface area contributed by atoms with Crippen molar-refractivity contribution in [2.75, 3.05) is 30.0 Å². The Balaban J connectivity index is 1.48. The molecular formula is C20H18Cl2N2O4. The van der Waals surface area contributed by atoms with Gasteiger partial charge in [-0.3, -0.25) is 9.59 Å². The van der Waals surface area contributed by atoms with Crippen molar-refractivity contribution in [3.05, 3.63) is 46.4 Å². The standard InChI is InChI=1S/C20H18Cl2N2O4/c21-12-2-4-15(22)16(10-12)24-7-6-14(20(24)26)19(25)23-13-3-5-17-18(11-13)28-9-1-8-27-17/h2-5,10-11,14H,1,6-9H2,(H,23,25). The van der Waals surface area contributed by atoms with Gasteiger partial charge in [-0.05, 0) is 36.8 Å². The van der Waals surface area contributed by atoms with Gasteiger partial charge in [0.25, 0.3) is 0 Å². The van der Waals surface area contributed by atoms with Crippen molar-refractivity contribution in [3.63, 3.8) is 0 Å². The van der Waals surface area contributed by atoms with Crippen LogP contribution in [0.4, 0.5) is 11.4 Å². The Labute approximate surface area is 172 Å². The zero-order valence-corrected chi connectivity index (χ0v) is 16.4. The van der Waals surface area contributed by atoms with E-state index in [9.17, 15) is 9.59 Å². The van der Waals surface area contributed by atoms with E-state index in [-0.39, 0.29) is 11.8 Å². The van der Waals surface area contributed by atoms with Gasteiger partial charge in [-0.2, -0.15) is 0 Å². The summed E-state index contributed by atoms with van der Waals surface area (Å²) < 4.78 is 11.2. The van der Waals surface area contributed by atoms with Crippen LogP contribution in [-0.4, -0.2) is 31.6 Å². The van der Waals surface area contributed by atoms with E-state index in [0.717, 1.165) is 6.42 Å². The third-order valence-electron chi connectivity index (χ3n) is 4.74. The summed E-state index contributed by atoms with van der Waals surface area (Å²) in [5.41, 5.74) is 1.08. The van der Waals surface area contributed by atoms with Crippen molar-refractivity contribution in [2.24, 2.45) is 5.92 Å². The summed E-state index contributed by atoms with van der Waals surface area (Å²) in [5.74, 6) is -0.211. The van der Waals surface area contributed by atoms with Crippen molar-refractivity contribution in [2.45, 2.75) is 12.8 Å². The van der Waals surface area contributed by atoms with Crippen molar-refractivity contribution in [3.8, 4) is 11.5 Å². The highest BCUT2D eigenvalue weighted by molar-refractivity contribution is 6.36. The van der Waals surface area contributed by atoms with Crippen molar-refractivity contribution in [1.29, 1.82) is 0 Å². The number of hydrogen-bond acceptors (Lipinski definition) is 4. The third-order valence-corrected chi connectivity index (χ3v) is 5.29. The van der Waals surface area contributed by atoms with E-state index < -0.39 is 5.92 Å². The Morgan fingerprint density at radius 3 is 2.68 bits per heavy atom. The highest BCUT2D eigenvalue weighted by atomic mass is 35.5. The maximum Gasteiger partial charge on any atom is 0.239 e. The first kappa shape index (κ1) is 18.9. The van der Waals surface area contributed by atoms with Crippen molar-refractivity contribution < 1.29 is 19.1 Å². The molecule has 1 saturated heterocycles. The van der Waals surface area contributed by atoms with E-state index in [4.69, 9.17) is 32.7 Å². The lowest BCUT2D eigenvalue weighted by Crippen LogP contribution is -2.33. The van der Waals surface area contributed by atoms with E-state index >= 15 is 0 Å². The quantitative estimate of drug-likeness (QED) is 0.757. The number of benzene rings is 2. The van der Waals surface area contributed by atoms with Crippen LogP contribution < -0.4 is 19.7 Å². The molecule has 0 saturated carbocycles. The summed E-state index contributed by atoms with van der Waals surface area (Å²) in [7, 11) is 0. The number of carbonyl (C=O) groups excluding carboxylic acids is 2. The smallest absolute Gasteiger partial charge is 0.239 e. The minimum absolute atomic E-state index is 0.295. The molecule has 0 radical (unpaired) electrons. The summed E-state index contributed by atoms with van der Waals surface area (Å²) in [5, 5.41) is 3.70. The molecule has 2 aliphatic rings. The van der Waals surface area contributed by atoms with Gasteiger partial charge < -0.3 is 19.7 Å². The van der Waals surface area contributed by atoms with Gasteiger partial charge in [-0.1, -0.05) is 23.2 Å². The summed E-state index contributed by atoms with van der Waals surface area (Å²) in [6.45, 7) is 1.55. The summed E-state index contributed by atoms with van der Waals surface area (Å²) >= 11 is 12.2. The average Bonchev–Trinajstić information content (AvgIpc) is 2.90. The Morgan fingerprint density at radius 1 is 1.07 bits per heavy atom. The van der Waals surface area contributed by atoms with E-state index in [1.54, 1.807) is 36.4 Å². The average molecular weight is 421 g/mol. The lowest BCUT2D eigenvalue weighted by atomic mass is 10.1. The molecule has 28 heavy (non-hydrogen) atoms. The predicted octanol–water partition coefficient (Wildman–Crippen LogP) is 4.15. The zero-order valence-electron chi connectivity index (χ0n) is 14.9. The molecule has 1 atom stereocenters. The first-order valence-corrected chi connectivity index (χ1v) is 9.75. The molecule has 1 unspecified atom stereocenters. The highest BCUT2D eigenvalue weighted by Gasteiger charge is 2.38. The van der Waals surface area contributed by atoms with E-state index in [2.05, 4.69) is 5.32 Å². The number of carbonyl (C=O) groups is 2. The molecule has 0 aromatic heterocycles. The molecule has 4 rings (SSSR count). The lowest BCUT2D eigenvalue weighted by molar-refractivity contribution is -0.129. The van der Waals surface area contributed by atoms with Gasteiger partial charge in [0.1, 0.15) is 5.92 Å². The Kier molecular flexibility index (Phi) is 5.33. The summed E-state index contributed by atoms with van der Waals surface area (Å²) in [6.07, 6.45) is 1.20. The van der Waals surface area contributed by atoms with Crippen molar-refractivity contribution in [1.82, 2.24) is 0 Å². The van der Waals surface area contributed by atoms with Crippen LogP contribution in [0.25, 0.3) is 0 Å². The topological polar surface area (TPSA) is 67.9 Å². The first-order valence-electron chi connectivity index (χ1n) is 9.00. The molecule has 1 N–H and O–H groups in total. The molecule has 2 aromatic rings. The van der Waals surface area contributed by atoms with Crippen LogP contribution in [0.2, 0.25) is 10.0 Å². The summed E-state index contributed by atoms with van der Waals surface area (Å²) in [4.78, 5) is 27.0. The largest absolute Gasteiger partial charge is 0.490 e. The number of fused-ring (bicyclic) bond motifs is 1. The first-order chi connectivity index (χ1) is 13.5. The number of hydrogen-bond donors (Lipinski definition) is 1. The highest BCUT2D eigenvalue weighted by Crippen LogP contribution is 2.35. The Hall–Kier alpha value is -2.44. The van der Waals surface area contributed by atoms with Gasteiger partial charge in [-0.25, -0.2) is 0 Å². The maximum atomic E-state index is 12.8. The maximum absolute atomic E-state index is 12.8. The molecule has 146 valence electrons. The number of rotatable bonds is 3. The van der Waals surface area contributed by atoms with E-state index in [1.165, 1.54) is 4.90 Å².